The molecule has 0 saturated heterocycles. The number of carbonyl (C=O) groups excluding carboxylic acids is 1. The summed E-state index contributed by atoms with van der Waals surface area (Å²) in [5.41, 5.74) is 0.368. The van der Waals surface area contributed by atoms with Gasteiger partial charge in [0.05, 0.1) is 0 Å². The first kappa shape index (κ1) is 11.6. The number of alkyl halides is 3. The van der Waals surface area contributed by atoms with Crippen LogP contribution in [0.4, 0.5) is 13.2 Å². The zero-order valence-corrected chi connectivity index (χ0v) is 8.66. The number of nitrogens with zero attached hydrogens (tertiary/aromatic N) is 1. The molecule has 1 aromatic carbocycles. The second-order valence-corrected chi connectivity index (χ2v) is 3.61. The normalized spacial score (nSPS) is 11.7. The van der Waals surface area contributed by atoms with Gasteiger partial charge in [0.1, 0.15) is 0 Å². The smallest absolute Gasteiger partial charge is 0.289 e. The van der Waals surface area contributed by atoms with Crippen LogP contribution in [-0.2, 0) is 11.2 Å². The van der Waals surface area contributed by atoms with Gasteiger partial charge < -0.3 is 0 Å². The van der Waals surface area contributed by atoms with E-state index in [2.05, 4.69) is 4.98 Å². The zero-order chi connectivity index (χ0) is 12.5. The number of ketones is 1. The van der Waals surface area contributed by atoms with Crippen molar-refractivity contribution in [2.24, 2.45) is 0 Å². The molecule has 17 heavy (non-hydrogen) atoms. The molecule has 0 saturated carbocycles. The van der Waals surface area contributed by atoms with Crippen LogP contribution in [0.3, 0.4) is 0 Å². The summed E-state index contributed by atoms with van der Waals surface area (Å²) in [5.74, 6) is -1.73. The molecule has 2 rings (SSSR count). The van der Waals surface area contributed by atoms with Crippen LogP contribution in [0.2, 0.25) is 0 Å². The topological polar surface area (TPSA) is 30.0 Å². The van der Waals surface area contributed by atoms with Gasteiger partial charge in [-0.25, -0.2) is 0 Å². The van der Waals surface area contributed by atoms with E-state index in [1.807, 2.05) is 0 Å². The van der Waals surface area contributed by atoms with Crippen molar-refractivity contribution in [1.82, 2.24) is 4.98 Å². The number of benzene rings is 1. The molecule has 0 aliphatic heterocycles. The molecule has 88 valence electrons. The second-order valence-electron chi connectivity index (χ2n) is 3.61. The molecule has 0 unspecified atom stereocenters. The SMILES string of the molecule is O=C(Cc1cccc2cnccc12)C(F)(F)F. The van der Waals surface area contributed by atoms with Gasteiger partial charge in [0.15, 0.2) is 0 Å². The maximum atomic E-state index is 12.2. The third-order valence-electron chi connectivity index (χ3n) is 2.44. The highest BCUT2D eigenvalue weighted by Crippen LogP contribution is 2.23. The Hall–Kier alpha value is -1.91. The molecule has 0 N–H and O–H groups in total. The fraction of sp³-hybridized carbons (Fsp3) is 0.167. The Morgan fingerprint density at radius 1 is 1.24 bits per heavy atom. The summed E-state index contributed by atoms with van der Waals surface area (Å²) in [6, 6.07) is 6.48. The highest BCUT2D eigenvalue weighted by molar-refractivity contribution is 5.92. The van der Waals surface area contributed by atoms with Crippen molar-refractivity contribution < 1.29 is 18.0 Å². The van der Waals surface area contributed by atoms with Crippen molar-refractivity contribution in [2.45, 2.75) is 12.6 Å². The molecule has 0 aliphatic rings. The molecule has 0 fully saturated rings. The summed E-state index contributed by atoms with van der Waals surface area (Å²) in [5, 5.41) is 1.35. The molecule has 0 bridgehead atoms. The van der Waals surface area contributed by atoms with Crippen LogP contribution in [0.1, 0.15) is 5.56 Å². The molecule has 2 nitrogen and oxygen atoms in total. The minimum atomic E-state index is -4.78. The van der Waals surface area contributed by atoms with Crippen LogP contribution in [-0.4, -0.2) is 16.9 Å². The van der Waals surface area contributed by atoms with E-state index in [1.165, 1.54) is 12.3 Å². The summed E-state index contributed by atoms with van der Waals surface area (Å²) in [6.07, 6.45) is -2.37. The Kier molecular flexibility index (Phi) is 2.83. The summed E-state index contributed by atoms with van der Waals surface area (Å²) in [7, 11) is 0. The van der Waals surface area contributed by atoms with E-state index in [9.17, 15) is 18.0 Å². The van der Waals surface area contributed by atoms with E-state index in [0.717, 1.165) is 5.39 Å². The van der Waals surface area contributed by atoms with Gasteiger partial charge in [-0.05, 0) is 17.0 Å². The first-order chi connectivity index (χ1) is 7.98. The van der Waals surface area contributed by atoms with Crippen LogP contribution in [0.5, 0.6) is 0 Å². The Bertz CT molecular complexity index is 558. The van der Waals surface area contributed by atoms with Crippen LogP contribution in [0, 0.1) is 0 Å². The fourth-order valence-corrected chi connectivity index (χ4v) is 1.62. The first-order valence-corrected chi connectivity index (χ1v) is 4.90. The van der Waals surface area contributed by atoms with E-state index in [4.69, 9.17) is 0 Å². The summed E-state index contributed by atoms with van der Waals surface area (Å²) in [4.78, 5) is 14.8. The van der Waals surface area contributed by atoms with Gasteiger partial charge in [0.25, 0.3) is 0 Å². The largest absolute Gasteiger partial charge is 0.450 e. The van der Waals surface area contributed by atoms with Crippen molar-refractivity contribution in [2.75, 3.05) is 0 Å². The van der Waals surface area contributed by atoms with E-state index in [-0.39, 0.29) is 0 Å². The molecular weight excluding hydrogens is 231 g/mol. The number of halogens is 3. The highest BCUT2D eigenvalue weighted by Gasteiger charge is 2.37. The van der Waals surface area contributed by atoms with Crippen molar-refractivity contribution in [3.8, 4) is 0 Å². The monoisotopic (exact) mass is 239 g/mol. The maximum Gasteiger partial charge on any atom is 0.450 e. The number of rotatable bonds is 2. The molecule has 0 atom stereocenters. The zero-order valence-electron chi connectivity index (χ0n) is 8.66. The summed E-state index contributed by atoms with van der Waals surface area (Å²) < 4.78 is 36.5. The van der Waals surface area contributed by atoms with E-state index in [0.29, 0.717) is 10.9 Å². The third-order valence-corrected chi connectivity index (χ3v) is 2.44. The van der Waals surface area contributed by atoms with Gasteiger partial charge in [0, 0.05) is 24.2 Å². The van der Waals surface area contributed by atoms with E-state index < -0.39 is 18.4 Å². The van der Waals surface area contributed by atoms with E-state index in [1.54, 1.807) is 24.4 Å². The number of hydrogen-bond acceptors (Lipinski definition) is 2. The third kappa shape index (κ3) is 2.43. The Labute approximate surface area is 95.1 Å². The minimum Gasteiger partial charge on any atom is -0.289 e. The van der Waals surface area contributed by atoms with Gasteiger partial charge in [0.2, 0.25) is 5.78 Å². The second kappa shape index (κ2) is 4.16. The van der Waals surface area contributed by atoms with Crippen LogP contribution < -0.4 is 0 Å². The number of fused-ring (bicyclic) bond motifs is 1. The number of pyridine rings is 1. The van der Waals surface area contributed by atoms with Gasteiger partial charge in [-0.2, -0.15) is 13.2 Å². The van der Waals surface area contributed by atoms with Crippen molar-refractivity contribution in [1.29, 1.82) is 0 Å². The standard InChI is InChI=1S/C12H8F3NO/c13-12(14,15)11(17)6-8-2-1-3-9-7-16-5-4-10(8)9/h1-5,7H,6H2. The number of Topliss-reactive ketones (excluding diaryl/α,β-unsaturated/α-hetero) is 1. The predicted molar refractivity (Wildman–Crippen MR) is 56.5 cm³/mol. The molecule has 5 heteroatoms. The molecule has 1 aromatic heterocycles. The lowest BCUT2D eigenvalue weighted by molar-refractivity contribution is -0.170. The quantitative estimate of drug-likeness (QED) is 0.806. The summed E-state index contributed by atoms with van der Waals surface area (Å²) >= 11 is 0. The lowest BCUT2D eigenvalue weighted by Gasteiger charge is -2.07. The predicted octanol–water partition coefficient (Wildman–Crippen LogP) is 2.91. The average molecular weight is 239 g/mol. The lowest BCUT2D eigenvalue weighted by Crippen LogP contribution is -2.24. The molecular formula is C12H8F3NO. The van der Waals surface area contributed by atoms with Crippen LogP contribution >= 0.6 is 0 Å². The average Bonchev–Trinajstić information content (AvgIpc) is 2.28. The lowest BCUT2D eigenvalue weighted by atomic mass is 10.0. The van der Waals surface area contributed by atoms with Crippen LogP contribution in [0.25, 0.3) is 10.8 Å². The number of carbonyl (C=O) groups is 1. The molecule has 1 heterocycles. The highest BCUT2D eigenvalue weighted by atomic mass is 19.4. The van der Waals surface area contributed by atoms with Gasteiger partial charge in [-0.15, -0.1) is 0 Å². The number of aromatic nitrogens is 1. The molecule has 0 spiro atoms. The fourth-order valence-electron chi connectivity index (χ4n) is 1.62. The van der Waals surface area contributed by atoms with E-state index >= 15 is 0 Å². The molecule has 0 amide bonds. The van der Waals surface area contributed by atoms with Crippen molar-refractivity contribution >= 4 is 16.6 Å². The Morgan fingerprint density at radius 3 is 2.71 bits per heavy atom. The minimum absolute atomic E-state index is 0.368. The summed E-state index contributed by atoms with van der Waals surface area (Å²) in [6.45, 7) is 0. The molecule has 2 aromatic rings. The molecule has 0 aliphatic carbocycles. The van der Waals surface area contributed by atoms with Gasteiger partial charge >= 0.3 is 6.18 Å². The Balaban J connectivity index is 2.40. The van der Waals surface area contributed by atoms with Crippen LogP contribution in [0.15, 0.2) is 36.7 Å². The van der Waals surface area contributed by atoms with Gasteiger partial charge in [-0.1, -0.05) is 18.2 Å². The van der Waals surface area contributed by atoms with Gasteiger partial charge in [-0.3, -0.25) is 9.78 Å². The first-order valence-electron chi connectivity index (χ1n) is 4.90. The molecule has 0 radical (unpaired) electrons. The number of hydrogen-bond donors (Lipinski definition) is 0. The Morgan fingerprint density at radius 2 is 2.00 bits per heavy atom. The maximum absolute atomic E-state index is 12.2. The van der Waals surface area contributed by atoms with Crippen molar-refractivity contribution in [3.05, 3.63) is 42.2 Å². The van der Waals surface area contributed by atoms with Crippen molar-refractivity contribution in [3.63, 3.8) is 0 Å².